The number of halogens is 1. The highest BCUT2D eigenvalue weighted by atomic mass is 19.1. The minimum absolute atomic E-state index is 0.186. The van der Waals surface area contributed by atoms with Crippen LogP contribution in [-0.4, -0.2) is 20.3 Å². The first-order valence-electron chi connectivity index (χ1n) is 4.47. The molecule has 1 aromatic carbocycles. The zero-order valence-electron chi connectivity index (χ0n) is 8.22. The van der Waals surface area contributed by atoms with Crippen LogP contribution in [0.5, 0.6) is 0 Å². The second-order valence-corrected chi connectivity index (χ2v) is 3.03. The Labute approximate surface area is 83.1 Å². The summed E-state index contributed by atoms with van der Waals surface area (Å²) in [5, 5.41) is 3.12. The molecule has 14 heavy (non-hydrogen) atoms. The minimum Gasteiger partial charge on any atom is -0.396 e. The van der Waals surface area contributed by atoms with E-state index in [1.165, 1.54) is 6.07 Å². The molecule has 0 heterocycles. The summed E-state index contributed by atoms with van der Waals surface area (Å²) in [6, 6.07) is 4.82. The van der Waals surface area contributed by atoms with Crippen LogP contribution in [0.3, 0.4) is 0 Å². The van der Waals surface area contributed by atoms with Gasteiger partial charge < -0.3 is 15.8 Å². The van der Waals surface area contributed by atoms with E-state index < -0.39 is 0 Å². The minimum atomic E-state index is -0.365. The molecule has 3 nitrogen and oxygen atoms in total. The van der Waals surface area contributed by atoms with E-state index in [4.69, 9.17) is 10.5 Å². The molecule has 0 saturated carbocycles. The SMILES string of the molecule is COCCNCc1ccc(N)c(F)c1. The van der Waals surface area contributed by atoms with Crippen LogP contribution >= 0.6 is 0 Å². The molecule has 0 radical (unpaired) electrons. The van der Waals surface area contributed by atoms with Crippen molar-refractivity contribution in [3.05, 3.63) is 29.6 Å². The Morgan fingerprint density at radius 1 is 1.50 bits per heavy atom. The molecule has 0 unspecified atom stereocenters. The highest BCUT2D eigenvalue weighted by Crippen LogP contribution is 2.11. The Hall–Kier alpha value is -1.13. The van der Waals surface area contributed by atoms with Gasteiger partial charge in [0.15, 0.2) is 0 Å². The number of methoxy groups -OCH3 is 1. The zero-order valence-corrected chi connectivity index (χ0v) is 8.22. The standard InChI is InChI=1S/C10H15FN2O/c1-14-5-4-13-7-8-2-3-10(12)9(11)6-8/h2-3,6,13H,4-5,7,12H2,1H3. The Morgan fingerprint density at radius 2 is 2.29 bits per heavy atom. The Morgan fingerprint density at radius 3 is 2.93 bits per heavy atom. The fraction of sp³-hybridized carbons (Fsp3) is 0.400. The van der Waals surface area contributed by atoms with Crippen molar-refractivity contribution < 1.29 is 9.13 Å². The molecule has 78 valence electrons. The summed E-state index contributed by atoms with van der Waals surface area (Å²) in [4.78, 5) is 0. The third-order valence-electron chi connectivity index (χ3n) is 1.88. The van der Waals surface area contributed by atoms with Gasteiger partial charge in [-0.15, -0.1) is 0 Å². The van der Waals surface area contributed by atoms with Crippen LogP contribution in [0.1, 0.15) is 5.56 Å². The lowest BCUT2D eigenvalue weighted by atomic mass is 10.2. The molecule has 0 spiro atoms. The highest BCUT2D eigenvalue weighted by molar-refractivity contribution is 5.41. The summed E-state index contributed by atoms with van der Waals surface area (Å²) in [6.45, 7) is 2.03. The van der Waals surface area contributed by atoms with Crippen molar-refractivity contribution in [1.82, 2.24) is 5.32 Å². The summed E-state index contributed by atoms with van der Waals surface area (Å²) in [5.74, 6) is -0.365. The average Bonchev–Trinajstić information content (AvgIpc) is 2.18. The molecule has 0 saturated heterocycles. The molecule has 1 aromatic rings. The Balaban J connectivity index is 2.39. The number of hydrogen-bond donors (Lipinski definition) is 2. The second-order valence-electron chi connectivity index (χ2n) is 3.03. The second kappa shape index (κ2) is 5.57. The number of nitrogens with two attached hydrogens (primary N) is 1. The highest BCUT2D eigenvalue weighted by Gasteiger charge is 1.99. The van der Waals surface area contributed by atoms with Crippen LogP contribution in [0.25, 0.3) is 0 Å². The maximum atomic E-state index is 13.0. The van der Waals surface area contributed by atoms with Crippen molar-refractivity contribution in [2.24, 2.45) is 0 Å². The smallest absolute Gasteiger partial charge is 0.146 e. The topological polar surface area (TPSA) is 47.3 Å². The van der Waals surface area contributed by atoms with Gasteiger partial charge in [-0.05, 0) is 17.7 Å². The first-order chi connectivity index (χ1) is 6.74. The molecule has 1 rings (SSSR count). The predicted molar refractivity (Wildman–Crippen MR) is 54.4 cm³/mol. The van der Waals surface area contributed by atoms with E-state index in [1.54, 1.807) is 19.2 Å². The number of hydrogen-bond acceptors (Lipinski definition) is 3. The molecule has 0 aliphatic carbocycles. The number of rotatable bonds is 5. The lowest BCUT2D eigenvalue weighted by Gasteiger charge is -2.05. The Kier molecular flexibility index (Phi) is 4.35. The molecule has 0 aliphatic rings. The maximum Gasteiger partial charge on any atom is 0.146 e. The van der Waals surface area contributed by atoms with Crippen LogP contribution in [0, 0.1) is 5.82 Å². The largest absolute Gasteiger partial charge is 0.396 e. The van der Waals surface area contributed by atoms with Gasteiger partial charge >= 0.3 is 0 Å². The molecule has 0 atom stereocenters. The van der Waals surface area contributed by atoms with Gasteiger partial charge in [0, 0.05) is 20.2 Å². The molecule has 3 N–H and O–H groups in total. The summed E-state index contributed by atoms with van der Waals surface area (Å²) in [5.41, 5.74) is 6.42. The van der Waals surface area contributed by atoms with E-state index in [0.29, 0.717) is 13.2 Å². The van der Waals surface area contributed by atoms with E-state index in [-0.39, 0.29) is 11.5 Å². The van der Waals surface area contributed by atoms with Crippen LogP contribution in [0.2, 0.25) is 0 Å². The fourth-order valence-corrected chi connectivity index (χ4v) is 1.09. The van der Waals surface area contributed by atoms with E-state index in [0.717, 1.165) is 12.1 Å². The fourth-order valence-electron chi connectivity index (χ4n) is 1.09. The van der Waals surface area contributed by atoms with Gasteiger partial charge in [0.05, 0.1) is 12.3 Å². The van der Waals surface area contributed by atoms with Gasteiger partial charge in [-0.25, -0.2) is 4.39 Å². The van der Waals surface area contributed by atoms with Crippen molar-refractivity contribution in [1.29, 1.82) is 0 Å². The average molecular weight is 198 g/mol. The molecule has 0 aliphatic heterocycles. The number of ether oxygens (including phenoxy) is 1. The van der Waals surface area contributed by atoms with Gasteiger partial charge in [-0.3, -0.25) is 0 Å². The number of benzene rings is 1. The van der Waals surface area contributed by atoms with Crippen LogP contribution in [0.4, 0.5) is 10.1 Å². The lowest BCUT2D eigenvalue weighted by molar-refractivity contribution is 0.199. The summed E-state index contributed by atoms with van der Waals surface area (Å²) in [7, 11) is 1.64. The third-order valence-corrected chi connectivity index (χ3v) is 1.88. The monoisotopic (exact) mass is 198 g/mol. The van der Waals surface area contributed by atoms with Gasteiger partial charge in [0.2, 0.25) is 0 Å². The van der Waals surface area contributed by atoms with Gasteiger partial charge in [0.1, 0.15) is 5.82 Å². The summed E-state index contributed by atoms with van der Waals surface area (Å²) < 4.78 is 17.8. The Bertz CT molecular complexity index is 291. The quantitative estimate of drug-likeness (QED) is 0.551. The van der Waals surface area contributed by atoms with E-state index >= 15 is 0 Å². The maximum absolute atomic E-state index is 13.0. The van der Waals surface area contributed by atoms with Crippen molar-refractivity contribution in [2.45, 2.75) is 6.54 Å². The normalized spacial score (nSPS) is 10.4. The molecular weight excluding hydrogens is 183 g/mol. The van der Waals surface area contributed by atoms with Crippen LogP contribution in [0.15, 0.2) is 18.2 Å². The molecule has 0 fully saturated rings. The third kappa shape index (κ3) is 3.32. The molecule has 0 aromatic heterocycles. The first-order valence-corrected chi connectivity index (χ1v) is 4.47. The molecule has 0 amide bonds. The molecule has 4 heteroatoms. The van der Waals surface area contributed by atoms with Crippen LogP contribution in [-0.2, 0) is 11.3 Å². The summed E-state index contributed by atoms with van der Waals surface area (Å²) >= 11 is 0. The predicted octanol–water partition coefficient (Wildman–Crippen LogP) is 1.14. The van der Waals surface area contributed by atoms with E-state index in [2.05, 4.69) is 5.32 Å². The van der Waals surface area contributed by atoms with Gasteiger partial charge in [-0.2, -0.15) is 0 Å². The first kappa shape index (κ1) is 10.9. The number of anilines is 1. The summed E-state index contributed by atoms with van der Waals surface area (Å²) in [6.07, 6.45) is 0. The van der Waals surface area contributed by atoms with E-state index in [9.17, 15) is 4.39 Å². The molecule has 0 bridgehead atoms. The van der Waals surface area contributed by atoms with E-state index in [1.807, 2.05) is 0 Å². The van der Waals surface area contributed by atoms with Crippen molar-refractivity contribution in [2.75, 3.05) is 26.0 Å². The van der Waals surface area contributed by atoms with Crippen LogP contribution < -0.4 is 11.1 Å². The van der Waals surface area contributed by atoms with Crippen molar-refractivity contribution >= 4 is 5.69 Å². The van der Waals surface area contributed by atoms with Gasteiger partial charge in [-0.1, -0.05) is 6.07 Å². The van der Waals surface area contributed by atoms with Crippen molar-refractivity contribution in [3.8, 4) is 0 Å². The van der Waals surface area contributed by atoms with Gasteiger partial charge in [0.25, 0.3) is 0 Å². The number of nitrogen functional groups attached to an aromatic ring is 1. The van der Waals surface area contributed by atoms with Crippen molar-refractivity contribution in [3.63, 3.8) is 0 Å². The number of nitrogens with one attached hydrogen (secondary N) is 1. The zero-order chi connectivity index (χ0) is 10.4. The lowest BCUT2D eigenvalue weighted by Crippen LogP contribution is -2.18. The molecular formula is C10H15FN2O.